The number of benzene rings is 1. The maximum absolute atomic E-state index is 6.23. The molecule has 94 valence electrons. The van der Waals surface area contributed by atoms with Gasteiger partial charge < -0.3 is 10.5 Å². The van der Waals surface area contributed by atoms with Crippen molar-refractivity contribution in [2.24, 2.45) is 5.73 Å². The van der Waals surface area contributed by atoms with E-state index in [1.807, 2.05) is 18.2 Å². The van der Waals surface area contributed by atoms with E-state index in [1.54, 1.807) is 0 Å². The standard InChI is InChI=1S/C13H19BrN2O/c14-12-4-2-1-3-11(12)13(15)5-6-16-7-9-17-10-8-16/h1-4,13H,5-10,15H2. The normalized spacial score (nSPS) is 19.2. The molecule has 1 saturated heterocycles. The van der Waals surface area contributed by atoms with E-state index in [0.717, 1.165) is 43.7 Å². The van der Waals surface area contributed by atoms with Crippen LogP contribution in [0, 0.1) is 0 Å². The molecule has 0 aromatic heterocycles. The van der Waals surface area contributed by atoms with Crippen LogP contribution in [0.3, 0.4) is 0 Å². The van der Waals surface area contributed by atoms with Crippen molar-refractivity contribution in [3.63, 3.8) is 0 Å². The third-order valence-electron chi connectivity index (χ3n) is 3.16. The van der Waals surface area contributed by atoms with E-state index in [-0.39, 0.29) is 6.04 Å². The molecular formula is C13H19BrN2O. The van der Waals surface area contributed by atoms with Gasteiger partial charge in [0.25, 0.3) is 0 Å². The van der Waals surface area contributed by atoms with Crippen molar-refractivity contribution in [2.45, 2.75) is 12.5 Å². The molecule has 0 saturated carbocycles. The van der Waals surface area contributed by atoms with Gasteiger partial charge in [-0.3, -0.25) is 4.90 Å². The summed E-state index contributed by atoms with van der Waals surface area (Å²) in [6, 6.07) is 8.29. The monoisotopic (exact) mass is 298 g/mol. The molecule has 2 rings (SSSR count). The summed E-state index contributed by atoms with van der Waals surface area (Å²) in [5.74, 6) is 0. The van der Waals surface area contributed by atoms with Crippen LogP contribution in [0.2, 0.25) is 0 Å². The van der Waals surface area contributed by atoms with Gasteiger partial charge in [0.15, 0.2) is 0 Å². The molecule has 1 aromatic rings. The van der Waals surface area contributed by atoms with Crippen molar-refractivity contribution in [2.75, 3.05) is 32.8 Å². The third kappa shape index (κ3) is 3.78. The Kier molecular flexibility index (Phi) is 4.98. The number of hydrogen-bond acceptors (Lipinski definition) is 3. The predicted molar refractivity (Wildman–Crippen MR) is 72.9 cm³/mol. The molecule has 17 heavy (non-hydrogen) atoms. The Morgan fingerprint density at radius 3 is 2.71 bits per heavy atom. The highest BCUT2D eigenvalue weighted by Crippen LogP contribution is 2.23. The summed E-state index contributed by atoms with van der Waals surface area (Å²) in [5, 5.41) is 0. The maximum Gasteiger partial charge on any atom is 0.0594 e. The molecule has 1 heterocycles. The first-order valence-corrected chi connectivity index (χ1v) is 6.87. The highest BCUT2D eigenvalue weighted by molar-refractivity contribution is 9.10. The molecule has 0 spiro atoms. The van der Waals surface area contributed by atoms with Crippen LogP contribution < -0.4 is 5.73 Å². The summed E-state index contributed by atoms with van der Waals surface area (Å²) in [7, 11) is 0. The summed E-state index contributed by atoms with van der Waals surface area (Å²) in [5.41, 5.74) is 7.42. The first-order valence-electron chi connectivity index (χ1n) is 6.07. The summed E-state index contributed by atoms with van der Waals surface area (Å²) in [6.45, 7) is 4.81. The zero-order chi connectivity index (χ0) is 12.1. The number of ether oxygens (including phenoxy) is 1. The minimum atomic E-state index is 0.105. The smallest absolute Gasteiger partial charge is 0.0594 e. The van der Waals surface area contributed by atoms with Gasteiger partial charge in [-0.2, -0.15) is 0 Å². The van der Waals surface area contributed by atoms with Crippen LogP contribution in [0.4, 0.5) is 0 Å². The van der Waals surface area contributed by atoms with Crippen LogP contribution in [-0.2, 0) is 4.74 Å². The van der Waals surface area contributed by atoms with E-state index in [1.165, 1.54) is 5.56 Å². The molecule has 0 radical (unpaired) electrons. The number of morpholine rings is 1. The first-order chi connectivity index (χ1) is 8.27. The van der Waals surface area contributed by atoms with Crippen molar-refractivity contribution in [1.82, 2.24) is 4.90 Å². The lowest BCUT2D eigenvalue weighted by Crippen LogP contribution is -2.37. The minimum absolute atomic E-state index is 0.105. The lowest BCUT2D eigenvalue weighted by Gasteiger charge is -2.27. The highest BCUT2D eigenvalue weighted by atomic mass is 79.9. The molecule has 0 amide bonds. The number of rotatable bonds is 4. The van der Waals surface area contributed by atoms with Gasteiger partial charge in [0.2, 0.25) is 0 Å². The Morgan fingerprint density at radius 1 is 1.29 bits per heavy atom. The number of nitrogens with zero attached hydrogens (tertiary/aromatic N) is 1. The van der Waals surface area contributed by atoms with Gasteiger partial charge in [-0.15, -0.1) is 0 Å². The number of halogens is 1. The maximum atomic E-state index is 6.23. The fourth-order valence-electron chi connectivity index (χ4n) is 2.08. The largest absolute Gasteiger partial charge is 0.379 e. The summed E-state index contributed by atoms with van der Waals surface area (Å²) >= 11 is 3.55. The zero-order valence-corrected chi connectivity index (χ0v) is 11.5. The average molecular weight is 299 g/mol. The van der Waals surface area contributed by atoms with Gasteiger partial charge in [0.05, 0.1) is 13.2 Å². The molecular weight excluding hydrogens is 280 g/mol. The lowest BCUT2D eigenvalue weighted by molar-refractivity contribution is 0.0366. The van der Waals surface area contributed by atoms with E-state index >= 15 is 0 Å². The Bertz CT molecular complexity index is 353. The van der Waals surface area contributed by atoms with Crippen LogP contribution in [0.5, 0.6) is 0 Å². The van der Waals surface area contributed by atoms with Crippen LogP contribution in [0.25, 0.3) is 0 Å². The number of nitrogens with two attached hydrogens (primary N) is 1. The summed E-state index contributed by atoms with van der Waals surface area (Å²) in [6.07, 6.45) is 0.989. The van der Waals surface area contributed by atoms with Crippen LogP contribution >= 0.6 is 15.9 Å². The SMILES string of the molecule is NC(CCN1CCOCC1)c1ccccc1Br. The molecule has 1 aromatic carbocycles. The molecule has 4 heteroatoms. The van der Waals surface area contributed by atoms with Crippen LogP contribution in [0.1, 0.15) is 18.0 Å². The molecule has 1 aliphatic rings. The molecule has 2 N–H and O–H groups in total. The molecule has 1 unspecified atom stereocenters. The number of hydrogen-bond donors (Lipinski definition) is 1. The van der Waals surface area contributed by atoms with Gasteiger partial charge >= 0.3 is 0 Å². The molecule has 1 fully saturated rings. The Morgan fingerprint density at radius 2 is 2.00 bits per heavy atom. The zero-order valence-electron chi connectivity index (χ0n) is 9.94. The second kappa shape index (κ2) is 6.50. The van der Waals surface area contributed by atoms with Gasteiger partial charge in [-0.1, -0.05) is 34.1 Å². The van der Waals surface area contributed by atoms with Crippen molar-refractivity contribution in [3.8, 4) is 0 Å². The second-order valence-corrected chi connectivity index (χ2v) is 5.23. The second-order valence-electron chi connectivity index (χ2n) is 4.37. The van der Waals surface area contributed by atoms with Gasteiger partial charge in [0.1, 0.15) is 0 Å². The first kappa shape index (κ1) is 13.0. The fourth-order valence-corrected chi connectivity index (χ4v) is 2.66. The molecule has 0 bridgehead atoms. The minimum Gasteiger partial charge on any atom is -0.379 e. The quantitative estimate of drug-likeness (QED) is 0.926. The topological polar surface area (TPSA) is 38.5 Å². The Balaban J connectivity index is 1.84. The molecule has 1 aliphatic heterocycles. The van der Waals surface area contributed by atoms with Crippen molar-refractivity contribution in [1.29, 1.82) is 0 Å². The van der Waals surface area contributed by atoms with E-state index in [2.05, 4.69) is 26.9 Å². The van der Waals surface area contributed by atoms with Crippen molar-refractivity contribution in [3.05, 3.63) is 34.3 Å². The van der Waals surface area contributed by atoms with Gasteiger partial charge in [0, 0.05) is 30.1 Å². The lowest BCUT2D eigenvalue weighted by atomic mass is 10.0. The molecule has 0 aliphatic carbocycles. The van der Waals surface area contributed by atoms with Crippen molar-refractivity contribution < 1.29 is 4.74 Å². The van der Waals surface area contributed by atoms with Crippen LogP contribution in [-0.4, -0.2) is 37.7 Å². The van der Waals surface area contributed by atoms with Gasteiger partial charge in [-0.25, -0.2) is 0 Å². The summed E-state index contributed by atoms with van der Waals surface area (Å²) < 4.78 is 6.44. The van der Waals surface area contributed by atoms with E-state index in [0.29, 0.717) is 0 Å². The van der Waals surface area contributed by atoms with E-state index in [9.17, 15) is 0 Å². The fraction of sp³-hybridized carbons (Fsp3) is 0.538. The third-order valence-corrected chi connectivity index (χ3v) is 3.89. The van der Waals surface area contributed by atoms with Crippen LogP contribution in [0.15, 0.2) is 28.7 Å². The Hall–Kier alpha value is -0.420. The molecule has 1 atom stereocenters. The summed E-state index contributed by atoms with van der Waals surface area (Å²) in [4.78, 5) is 2.42. The van der Waals surface area contributed by atoms with Gasteiger partial charge in [-0.05, 0) is 18.1 Å². The molecule has 3 nitrogen and oxygen atoms in total. The average Bonchev–Trinajstić information content (AvgIpc) is 2.38. The highest BCUT2D eigenvalue weighted by Gasteiger charge is 2.14. The Labute approximate surface area is 111 Å². The van der Waals surface area contributed by atoms with E-state index in [4.69, 9.17) is 10.5 Å². The van der Waals surface area contributed by atoms with Crippen molar-refractivity contribution >= 4 is 15.9 Å². The van der Waals surface area contributed by atoms with E-state index < -0.39 is 0 Å². The predicted octanol–water partition coefficient (Wildman–Crippen LogP) is 2.17.